The smallest absolute Gasteiger partial charge is 0.338 e. The number of benzene rings is 2. The molecule has 0 aromatic heterocycles. The molecular formula is C27H35ClN4O4. The number of halogens is 1. The number of fused-ring (bicyclic) bond motifs is 1. The van der Waals surface area contributed by atoms with Crippen molar-refractivity contribution < 1.29 is 19.1 Å². The molecule has 36 heavy (non-hydrogen) atoms. The lowest BCUT2D eigenvalue weighted by atomic mass is 9.91. The maximum Gasteiger partial charge on any atom is 0.338 e. The Morgan fingerprint density at radius 1 is 1.08 bits per heavy atom. The SMILES string of the molecule is CN1CCN(c2cccc3c2CCNC3C(=O)N(C)c2ccc(C(=O)OC(C)(C)C)cc2)C(=O)C1.Cl. The van der Waals surface area contributed by atoms with E-state index in [1.807, 2.05) is 55.8 Å². The third kappa shape index (κ3) is 5.88. The predicted molar refractivity (Wildman–Crippen MR) is 143 cm³/mol. The van der Waals surface area contributed by atoms with Crippen molar-refractivity contribution in [3.05, 3.63) is 59.2 Å². The fraction of sp³-hybridized carbons (Fsp3) is 0.444. The zero-order valence-corrected chi connectivity index (χ0v) is 22.4. The third-order valence-electron chi connectivity index (χ3n) is 6.39. The van der Waals surface area contributed by atoms with Gasteiger partial charge in [-0.2, -0.15) is 0 Å². The van der Waals surface area contributed by atoms with E-state index in [2.05, 4.69) is 5.32 Å². The molecule has 1 fully saturated rings. The zero-order chi connectivity index (χ0) is 25.3. The number of nitrogens with one attached hydrogen (secondary N) is 1. The Hall–Kier alpha value is -2.94. The van der Waals surface area contributed by atoms with Gasteiger partial charge in [-0.1, -0.05) is 12.1 Å². The second-order valence-electron chi connectivity index (χ2n) is 10.2. The Morgan fingerprint density at radius 2 is 1.78 bits per heavy atom. The minimum absolute atomic E-state index is 0. The van der Waals surface area contributed by atoms with Gasteiger partial charge in [0, 0.05) is 38.1 Å². The van der Waals surface area contributed by atoms with Crippen LogP contribution in [-0.2, 0) is 20.7 Å². The molecule has 2 aromatic carbocycles. The molecule has 4 rings (SSSR count). The normalized spacial score (nSPS) is 18.2. The van der Waals surface area contributed by atoms with Gasteiger partial charge in [0.15, 0.2) is 0 Å². The van der Waals surface area contributed by atoms with E-state index in [1.165, 1.54) is 0 Å². The second kappa shape index (κ2) is 11.0. The summed E-state index contributed by atoms with van der Waals surface area (Å²) in [4.78, 5) is 44.0. The molecule has 1 atom stereocenters. The zero-order valence-electron chi connectivity index (χ0n) is 21.5. The summed E-state index contributed by atoms with van der Waals surface area (Å²) in [6.45, 7) is 7.98. The number of anilines is 2. The molecule has 0 bridgehead atoms. The van der Waals surface area contributed by atoms with E-state index < -0.39 is 17.6 Å². The highest BCUT2D eigenvalue weighted by Gasteiger charge is 2.33. The number of likely N-dealkylation sites (N-methyl/N-ethyl adjacent to an activating group) is 2. The Morgan fingerprint density at radius 3 is 2.42 bits per heavy atom. The summed E-state index contributed by atoms with van der Waals surface area (Å²) in [6, 6.07) is 12.2. The van der Waals surface area contributed by atoms with Crippen molar-refractivity contribution >= 4 is 41.6 Å². The number of hydrogen-bond donors (Lipinski definition) is 1. The van der Waals surface area contributed by atoms with E-state index in [0.717, 1.165) is 29.8 Å². The minimum Gasteiger partial charge on any atom is -0.456 e. The number of amides is 2. The van der Waals surface area contributed by atoms with Crippen molar-refractivity contribution in [3.63, 3.8) is 0 Å². The lowest BCUT2D eigenvalue weighted by Crippen LogP contribution is -2.50. The van der Waals surface area contributed by atoms with Crippen LogP contribution < -0.4 is 15.1 Å². The molecule has 0 spiro atoms. The van der Waals surface area contributed by atoms with Gasteiger partial charge in [-0.15, -0.1) is 12.4 Å². The predicted octanol–water partition coefficient (Wildman–Crippen LogP) is 3.19. The first-order valence-electron chi connectivity index (χ1n) is 12.0. The van der Waals surface area contributed by atoms with Crippen LogP contribution in [0.3, 0.4) is 0 Å². The average Bonchev–Trinajstić information content (AvgIpc) is 2.81. The number of piperazine rings is 1. The van der Waals surface area contributed by atoms with Crippen molar-refractivity contribution in [2.75, 3.05) is 50.1 Å². The lowest BCUT2D eigenvalue weighted by molar-refractivity contribution is -0.121. The number of esters is 1. The van der Waals surface area contributed by atoms with Crippen LogP contribution in [0.1, 0.15) is 48.3 Å². The summed E-state index contributed by atoms with van der Waals surface area (Å²) in [5.41, 5.74) is 3.41. The van der Waals surface area contributed by atoms with Gasteiger partial charge >= 0.3 is 5.97 Å². The highest BCUT2D eigenvalue weighted by molar-refractivity contribution is 6.00. The number of carbonyl (C=O) groups is 3. The van der Waals surface area contributed by atoms with Crippen molar-refractivity contribution in [1.82, 2.24) is 10.2 Å². The van der Waals surface area contributed by atoms with Gasteiger partial charge in [0.05, 0.1) is 12.1 Å². The van der Waals surface area contributed by atoms with Crippen LogP contribution in [0.5, 0.6) is 0 Å². The first kappa shape index (κ1) is 27.6. The van der Waals surface area contributed by atoms with Crippen LogP contribution in [-0.4, -0.2) is 68.6 Å². The molecule has 2 aliphatic rings. The van der Waals surface area contributed by atoms with Gasteiger partial charge in [0.1, 0.15) is 11.6 Å². The van der Waals surface area contributed by atoms with Gasteiger partial charge in [0.2, 0.25) is 11.8 Å². The third-order valence-corrected chi connectivity index (χ3v) is 6.39. The Kier molecular flexibility index (Phi) is 8.44. The standard InChI is InChI=1S/C27H34N4O4.ClH/c1-27(2,3)35-26(34)18-9-11-19(12-10-18)30(5)25(33)24-21-7-6-8-22(20(21)13-14-28-24)31-16-15-29(4)17-23(31)32;/h6-12,24,28H,13-17H2,1-5H3;1H. The molecule has 2 aliphatic heterocycles. The van der Waals surface area contributed by atoms with Crippen LogP contribution in [0.25, 0.3) is 0 Å². The molecule has 9 heteroatoms. The average molecular weight is 515 g/mol. The summed E-state index contributed by atoms with van der Waals surface area (Å²) < 4.78 is 5.42. The Balaban J connectivity index is 0.00000361. The Bertz CT molecular complexity index is 1130. The topological polar surface area (TPSA) is 82.2 Å². The number of nitrogens with zero attached hydrogens (tertiary/aromatic N) is 3. The largest absolute Gasteiger partial charge is 0.456 e. The summed E-state index contributed by atoms with van der Waals surface area (Å²) >= 11 is 0. The van der Waals surface area contributed by atoms with E-state index in [1.54, 1.807) is 36.2 Å². The van der Waals surface area contributed by atoms with Crippen LogP contribution in [0.4, 0.5) is 11.4 Å². The fourth-order valence-corrected chi connectivity index (χ4v) is 4.58. The second-order valence-corrected chi connectivity index (χ2v) is 10.2. The quantitative estimate of drug-likeness (QED) is 0.631. The monoisotopic (exact) mass is 514 g/mol. The molecule has 1 unspecified atom stereocenters. The molecule has 194 valence electrons. The van der Waals surface area contributed by atoms with E-state index in [0.29, 0.717) is 30.9 Å². The molecule has 0 saturated carbocycles. The maximum absolute atomic E-state index is 13.5. The molecular weight excluding hydrogens is 480 g/mol. The maximum atomic E-state index is 13.5. The molecule has 1 N–H and O–H groups in total. The first-order valence-corrected chi connectivity index (χ1v) is 12.0. The summed E-state index contributed by atoms with van der Waals surface area (Å²) in [5.74, 6) is -0.416. The van der Waals surface area contributed by atoms with Gasteiger partial charge < -0.3 is 19.9 Å². The van der Waals surface area contributed by atoms with Crippen LogP contribution in [0.15, 0.2) is 42.5 Å². The molecule has 1 saturated heterocycles. The van der Waals surface area contributed by atoms with E-state index >= 15 is 0 Å². The number of hydrogen-bond acceptors (Lipinski definition) is 6. The summed E-state index contributed by atoms with van der Waals surface area (Å²) in [5, 5.41) is 3.35. The van der Waals surface area contributed by atoms with Crippen LogP contribution in [0.2, 0.25) is 0 Å². The van der Waals surface area contributed by atoms with Crippen molar-refractivity contribution in [1.29, 1.82) is 0 Å². The van der Waals surface area contributed by atoms with E-state index in [9.17, 15) is 14.4 Å². The van der Waals surface area contributed by atoms with Gasteiger partial charge in [-0.3, -0.25) is 14.5 Å². The van der Waals surface area contributed by atoms with Gasteiger partial charge in [-0.05, 0) is 75.7 Å². The molecule has 2 heterocycles. The molecule has 2 aromatic rings. The minimum atomic E-state index is -0.573. The molecule has 2 amide bonds. The Labute approximate surface area is 219 Å². The highest BCUT2D eigenvalue weighted by atomic mass is 35.5. The van der Waals surface area contributed by atoms with Crippen molar-refractivity contribution in [2.24, 2.45) is 0 Å². The molecule has 0 radical (unpaired) electrons. The van der Waals surface area contributed by atoms with Gasteiger partial charge in [0.25, 0.3) is 0 Å². The number of rotatable bonds is 4. The van der Waals surface area contributed by atoms with Crippen LogP contribution >= 0.6 is 12.4 Å². The molecule has 8 nitrogen and oxygen atoms in total. The summed E-state index contributed by atoms with van der Waals surface area (Å²) in [6.07, 6.45) is 0.753. The molecule has 0 aliphatic carbocycles. The number of carbonyl (C=O) groups excluding carboxylic acids is 3. The van der Waals surface area contributed by atoms with Crippen molar-refractivity contribution in [2.45, 2.75) is 38.8 Å². The van der Waals surface area contributed by atoms with Crippen molar-refractivity contribution in [3.8, 4) is 0 Å². The van der Waals surface area contributed by atoms with E-state index in [4.69, 9.17) is 4.74 Å². The fourth-order valence-electron chi connectivity index (χ4n) is 4.58. The van der Waals surface area contributed by atoms with E-state index in [-0.39, 0.29) is 24.2 Å². The first-order chi connectivity index (χ1) is 16.5. The van der Waals surface area contributed by atoms with Gasteiger partial charge in [-0.25, -0.2) is 4.79 Å². The summed E-state index contributed by atoms with van der Waals surface area (Å²) in [7, 11) is 3.68. The number of ether oxygens (including phenoxy) is 1. The lowest BCUT2D eigenvalue weighted by Gasteiger charge is -2.36. The van der Waals surface area contributed by atoms with Crippen LogP contribution in [0, 0.1) is 0 Å². The highest BCUT2D eigenvalue weighted by Crippen LogP contribution is 2.33.